The van der Waals surface area contributed by atoms with Crippen molar-refractivity contribution in [1.82, 2.24) is 9.71 Å². The Morgan fingerprint density at radius 2 is 1.83 bits per heavy atom. The van der Waals surface area contributed by atoms with Gasteiger partial charge >= 0.3 is 7.60 Å². The zero-order valence-corrected chi connectivity index (χ0v) is 20.5. The van der Waals surface area contributed by atoms with Crippen LogP contribution >= 0.6 is 18.9 Å². The Hall–Kier alpha value is -2.83. The van der Waals surface area contributed by atoms with Gasteiger partial charge in [-0.1, -0.05) is 0 Å². The first-order valence-electron chi connectivity index (χ1n) is 9.89. The quantitative estimate of drug-likeness (QED) is 0.240. The highest BCUT2D eigenvalue weighted by molar-refractivity contribution is 7.91. The van der Waals surface area contributed by atoms with Crippen LogP contribution < -0.4 is 30.2 Å². The molecule has 0 spiro atoms. The first-order chi connectivity index (χ1) is 16.6. The fourth-order valence-electron chi connectivity index (χ4n) is 2.66. The van der Waals surface area contributed by atoms with Gasteiger partial charge in [-0.25, -0.2) is 22.4 Å². The molecule has 0 saturated carbocycles. The number of sulfonamides is 1. The Morgan fingerprint density at radius 3 is 2.43 bits per heavy atom. The standard InChI is InChI=1S/C19H21FN5O7PS2/c20-14-7-13(2-1-12(14)10-23)32-33(26,27)11-24-35(28,29)19-25-15-8-16(30-5-3-21)17(31-6-4-22)9-18(15)34-19/h1-2,7-9,24H,3-6,11,21-22H2,(H,26,27). The van der Waals surface area contributed by atoms with Gasteiger partial charge in [0.2, 0.25) is 4.34 Å². The minimum absolute atomic E-state index is 0.191. The van der Waals surface area contributed by atoms with E-state index in [1.807, 2.05) is 4.72 Å². The number of halogens is 1. The van der Waals surface area contributed by atoms with Crippen molar-refractivity contribution in [3.8, 4) is 23.3 Å². The Morgan fingerprint density at radius 1 is 1.17 bits per heavy atom. The number of aromatic nitrogens is 1. The molecule has 0 radical (unpaired) electrons. The van der Waals surface area contributed by atoms with E-state index in [0.717, 1.165) is 29.5 Å². The molecular formula is C19H21FN5O7PS2. The van der Waals surface area contributed by atoms with Crippen molar-refractivity contribution in [2.45, 2.75) is 4.34 Å². The van der Waals surface area contributed by atoms with E-state index < -0.39 is 29.7 Å². The summed E-state index contributed by atoms with van der Waals surface area (Å²) in [4.78, 5) is 14.1. The summed E-state index contributed by atoms with van der Waals surface area (Å²) in [5.74, 6) is -0.660. The number of nitrogens with one attached hydrogen (secondary N) is 1. The molecule has 35 heavy (non-hydrogen) atoms. The van der Waals surface area contributed by atoms with E-state index in [1.54, 1.807) is 12.1 Å². The number of ether oxygens (including phenoxy) is 2. The summed E-state index contributed by atoms with van der Waals surface area (Å²) in [5, 5.41) is 8.74. The normalized spacial score (nSPS) is 13.2. The van der Waals surface area contributed by atoms with Gasteiger partial charge in [-0.2, -0.15) is 9.98 Å². The Labute approximate surface area is 203 Å². The van der Waals surface area contributed by atoms with Crippen LogP contribution in [0.5, 0.6) is 17.2 Å². The summed E-state index contributed by atoms with van der Waals surface area (Å²) >= 11 is 0.800. The Kier molecular flexibility index (Phi) is 8.62. The number of hydrogen-bond acceptors (Lipinski definition) is 11. The van der Waals surface area contributed by atoms with Crippen molar-refractivity contribution in [3.63, 3.8) is 0 Å². The van der Waals surface area contributed by atoms with Gasteiger partial charge in [-0.05, 0) is 12.1 Å². The lowest BCUT2D eigenvalue weighted by Gasteiger charge is -2.14. The van der Waals surface area contributed by atoms with Gasteiger partial charge in [0.1, 0.15) is 37.1 Å². The molecule has 1 unspecified atom stereocenters. The number of rotatable bonds is 12. The van der Waals surface area contributed by atoms with Crippen LogP contribution in [0.2, 0.25) is 0 Å². The lowest BCUT2D eigenvalue weighted by Crippen LogP contribution is -2.25. The molecule has 0 aliphatic heterocycles. The highest BCUT2D eigenvalue weighted by atomic mass is 32.2. The molecule has 0 amide bonds. The molecule has 12 nitrogen and oxygen atoms in total. The molecule has 0 saturated heterocycles. The SMILES string of the molecule is N#Cc1ccc(OP(=O)(O)CNS(=O)(=O)c2nc3cc(OCCN)c(OCCN)cc3s2)cc1F. The van der Waals surface area contributed by atoms with E-state index in [2.05, 4.69) is 4.98 Å². The number of thiazole rings is 1. The highest BCUT2D eigenvalue weighted by Crippen LogP contribution is 2.42. The molecule has 3 rings (SSSR count). The number of nitrogens with zero attached hydrogens (tertiary/aromatic N) is 2. The van der Waals surface area contributed by atoms with Crippen LogP contribution in [-0.2, 0) is 14.6 Å². The molecule has 1 heterocycles. The zero-order valence-electron chi connectivity index (χ0n) is 18.0. The average molecular weight is 546 g/mol. The van der Waals surface area contributed by atoms with Gasteiger partial charge in [0.05, 0.1) is 15.8 Å². The topological polar surface area (TPSA) is 200 Å². The molecule has 0 aliphatic rings. The Bertz CT molecular complexity index is 1370. The minimum Gasteiger partial charge on any atom is -0.488 e. The number of nitriles is 1. The summed E-state index contributed by atoms with van der Waals surface area (Å²) in [6, 6.07) is 7.56. The van der Waals surface area contributed by atoms with Gasteiger partial charge in [0.25, 0.3) is 10.0 Å². The van der Waals surface area contributed by atoms with Crippen molar-refractivity contribution in [2.24, 2.45) is 11.5 Å². The van der Waals surface area contributed by atoms with Gasteiger partial charge in [-0.3, -0.25) is 0 Å². The maximum atomic E-state index is 13.7. The second kappa shape index (κ2) is 11.3. The van der Waals surface area contributed by atoms with Gasteiger partial charge in [0.15, 0.2) is 11.5 Å². The lowest BCUT2D eigenvalue weighted by molar-refractivity contribution is 0.278. The molecule has 0 bridgehead atoms. The van der Waals surface area contributed by atoms with Crippen molar-refractivity contribution >= 4 is 39.2 Å². The molecule has 3 aromatic rings. The molecular weight excluding hydrogens is 524 g/mol. The first kappa shape index (κ1) is 26.8. The van der Waals surface area contributed by atoms with Crippen LogP contribution in [0.25, 0.3) is 10.2 Å². The largest absolute Gasteiger partial charge is 0.488 e. The van der Waals surface area contributed by atoms with E-state index in [0.29, 0.717) is 21.7 Å². The van der Waals surface area contributed by atoms with Crippen LogP contribution in [0, 0.1) is 17.1 Å². The molecule has 1 atom stereocenters. The number of nitrogens with two attached hydrogens (primary N) is 2. The molecule has 16 heteroatoms. The van der Waals surface area contributed by atoms with E-state index in [4.69, 9.17) is 30.7 Å². The zero-order chi connectivity index (χ0) is 25.6. The Balaban J connectivity index is 1.78. The predicted octanol–water partition coefficient (Wildman–Crippen LogP) is 1.48. The van der Waals surface area contributed by atoms with Gasteiger partial charge in [0, 0.05) is 31.3 Å². The first-order valence-corrected chi connectivity index (χ1v) is 14.0. The monoisotopic (exact) mass is 545 g/mol. The predicted molar refractivity (Wildman–Crippen MR) is 125 cm³/mol. The van der Waals surface area contributed by atoms with Crippen molar-refractivity contribution in [2.75, 3.05) is 32.6 Å². The van der Waals surface area contributed by atoms with Gasteiger partial charge < -0.3 is 30.4 Å². The molecule has 0 fully saturated rings. The van der Waals surface area contributed by atoms with Crippen LogP contribution in [0.1, 0.15) is 5.56 Å². The van der Waals surface area contributed by atoms with Crippen molar-refractivity contribution < 1.29 is 36.3 Å². The van der Waals surface area contributed by atoms with Gasteiger partial charge in [-0.15, -0.1) is 11.3 Å². The lowest BCUT2D eigenvalue weighted by atomic mass is 10.2. The van der Waals surface area contributed by atoms with E-state index in [1.165, 1.54) is 6.07 Å². The average Bonchev–Trinajstić information content (AvgIpc) is 3.23. The van der Waals surface area contributed by atoms with Crippen LogP contribution in [0.3, 0.4) is 0 Å². The fraction of sp³-hybridized carbons (Fsp3) is 0.263. The van der Waals surface area contributed by atoms with Crippen LogP contribution in [0.15, 0.2) is 34.7 Å². The maximum absolute atomic E-state index is 13.7. The molecule has 6 N–H and O–H groups in total. The molecule has 188 valence electrons. The third-order valence-corrected chi connectivity index (χ3v) is 8.24. The summed E-state index contributed by atoms with van der Waals surface area (Å²) in [7, 11) is -8.90. The second-order valence-electron chi connectivity index (χ2n) is 6.81. The fourth-order valence-corrected chi connectivity index (χ4v) is 6.44. The second-order valence-corrected chi connectivity index (χ2v) is 11.6. The van der Waals surface area contributed by atoms with Crippen LogP contribution in [0.4, 0.5) is 4.39 Å². The van der Waals surface area contributed by atoms with Crippen molar-refractivity contribution in [3.05, 3.63) is 41.7 Å². The summed E-state index contributed by atoms with van der Waals surface area (Å²) in [6.07, 6.45) is -1.01. The van der Waals surface area contributed by atoms with E-state index in [9.17, 15) is 22.3 Å². The third-order valence-electron chi connectivity index (χ3n) is 4.18. The number of benzene rings is 2. The number of hydrogen-bond donors (Lipinski definition) is 4. The van der Waals surface area contributed by atoms with E-state index in [-0.39, 0.29) is 42.0 Å². The molecule has 0 aliphatic carbocycles. The third kappa shape index (κ3) is 6.86. The molecule has 2 aromatic carbocycles. The minimum atomic E-state index is -4.58. The van der Waals surface area contributed by atoms with E-state index >= 15 is 0 Å². The highest BCUT2D eigenvalue weighted by Gasteiger charge is 2.28. The maximum Gasteiger partial charge on any atom is 0.391 e. The smallest absolute Gasteiger partial charge is 0.391 e. The summed E-state index contributed by atoms with van der Waals surface area (Å²) in [6.45, 7) is 0.883. The number of fused-ring (bicyclic) bond motifs is 1. The summed E-state index contributed by atoms with van der Waals surface area (Å²) in [5.41, 5.74) is 10.9. The molecule has 1 aromatic heterocycles. The van der Waals surface area contributed by atoms with Crippen molar-refractivity contribution in [1.29, 1.82) is 5.26 Å². The summed E-state index contributed by atoms with van der Waals surface area (Å²) < 4.78 is 69.4. The van der Waals surface area contributed by atoms with Crippen LogP contribution in [-0.4, -0.2) is 50.9 Å².